The molecule has 0 aliphatic carbocycles. The Hall–Kier alpha value is -0.410. The molecule has 0 unspecified atom stereocenters. The molecule has 3 nitrogen and oxygen atoms in total. The molecule has 0 bridgehead atoms. The molecule has 0 radical (unpaired) electrons. The second kappa shape index (κ2) is 7.25. The third kappa shape index (κ3) is 4.46. The molecule has 0 rings (SSSR count). The number of nitrogens with one attached hydrogen (secondary N) is 1. The van der Waals surface area contributed by atoms with Crippen molar-refractivity contribution < 1.29 is 0 Å². The zero-order chi connectivity index (χ0) is 9.40. The van der Waals surface area contributed by atoms with Crippen LogP contribution in [0.5, 0.6) is 0 Å². The second-order valence-electron chi connectivity index (χ2n) is 2.02. The Kier molecular flexibility index (Phi) is 7.00. The van der Waals surface area contributed by atoms with Gasteiger partial charge in [0.1, 0.15) is 5.82 Å². The van der Waals surface area contributed by atoms with Crippen molar-refractivity contribution >= 4 is 29.9 Å². The molecule has 0 spiro atoms. The lowest BCUT2D eigenvalue weighted by Gasteiger charge is -2.20. The van der Waals surface area contributed by atoms with Crippen molar-refractivity contribution in [2.75, 3.05) is 24.8 Å². The molecule has 0 atom stereocenters. The summed E-state index contributed by atoms with van der Waals surface area (Å²) >= 11 is 11.0. The highest BCUT2D eigenvalue weighted by atomic mass is 35.5. The van der Waals surface area contributed by atoms with E-state index in [0.717, 1.165) is 0 Å². The molecule has 70 valence electrons. The van der Waals surface area contributed by atoms with E-state index in [-0.39, 0.29) is 0 Å². The third-order valence-electron chi connectivity index (χ3n) is 1.20. The monoisotopic (exact) mass is 209 g/mol. The predicted molar refractivity (Wildman–Crippen MR) is 54.8 cm³/mol. The molecule has 0 saturated carbocycles. The SMILES string of the molecule is C=NN(CCCl)C(=C)NCCCl. The number of hydrogen-bond acceptors (Lipinski definition) is 3. The van der Waals surface area contributed by atoms with Gasteiger partial charge in [-0.1, -0.05) is 6.58 Å². The first-order valence-corrected chi connectivity index (χ1v) is 4.62. The molecule has 5 heteroatoms. The number of hydrazone groups is 1. The van der Waals surface area contributed by atoms with E-state index in [1.807, 2.05) is 0 Å². The van der Waals surface area contributed by atoms with Crippen molar-refractivity contribution in [1.29, 1.82) is 0 Å². The van der Waals surface area contributed by atoms with Gasteiger partial charge < -0.3 is 5.32 Å². The van der Waals surface area contributed by atoms with Gasteiger partial charge in [0, 0.05) is 25.0 Å². The average molecular weight is 210 g/mol. The molecule has 12 heavy (non-hydrogen) atoms. The molecule has 0 aromatic carbocycles. The minimum atomic E-state index is 0.487. The predicted octanol–water partition coefficient (Wildman–Crippen LogP) is 1.44. The van der Waals surface area contributed by atoms with Crippen LogP contribution in [0.15, 0.2) is 17.5 Å². The molecule has 0 aromatic heterocycles. The average Bonchev–Trinajstić information content (AvgIpc) is 2.10. The largest absolute Gasteiger partial charge is 0.370 e. The fourth-order valence-electron chi connectivity index (χ4n) is 0.654. The van der Waals surface area contributed by atoms with E-state index in [1.54, 1.807) is 5.01 Å². The number of alkyl halides is 2. The van der Waals surface area contributed by atoms with Gasteiger partial charge in [-0.2, -0.15) is 5.10 Å². The minimum absolute atomic E-state index is 0.487. The van der Waals surface area contributed by atoms with Gasteiger partial charge >= 0.3 is 0 Å². The van der Waals surface area contributed by atoms with Crippen LogP contribution < -0.4 is 5.32 Å². The molecule has 0 heterocycles. The number of nitrogens with zero attached hydrogens (tertiary/aromatic N) is 2. The summed E-state index contributed by atoms with van der Waals surface area (Å²) in [7, 11) is 0. The Balaban J connectivity index is 3.77. The fourth-order valence-corrected chi connectivity index (χ4v) is 0.908. The molecular formula is C7H13Cl2N3. The van der Waals surface area contributed by atoms with Crippen molar-refractivity contribution in [2.45, 2.75) is 0 Å². The van der Waals surface area contributed by atoms with Crippen molar-refractivity contribution in [3.63, 3.8) is 0 Å². The minimum Gasteiger partial charge on any atom is -0.370 e. The Bertz CT molecular complexity index is 150. The van der Waals surface area contributed by atoms with Crippen molar-refractivity contribution in [2.24, 2.45) is 5.10 Å². The fraction of sp³-hybridized carbons (Fsp3) is 0.571. The van der Waals surface area contributed by atoms with Gasteiger partial charge in [-0.05, 0) is 0 Å². The van der Waals surface area contributed by atoms with E-state index >= 15 is 0 Å². The van der Waals surface area contributed by atoms with Gasteiger partial charge in [0.15, 0.2) is 0 Å². The smallest absolute Gasteiger partial charge is 0.115 e. The van der Waals surface area contributed by atoms with Crippen LogP contribution in [0.2, 0.25) is 0 Å². The van der Waals surface area contributed by atoms with E-state index in [1.165, 1.54) is 0 Å². The van der Waals surface area contributed by atoms with Crippen LogP contribution in [-0.2, 0) is 0 Å². The first-order valence-electron chi connectivity index (χ1n) is 3.55. The summed E-state index contributed by atoms with van der Waals surface area (Å²) in [5.41, 5.74) is 0. The van der Waals surface area contributed by atoms with E-state index in [0.29, 0.717) is 30.7 Å². The lowest BCUT2D eigenvalue weighted by Crippen LogP contribution is -2.29. The van der Waals surface area contributed by atoms with Crippen molar-refractivity contribution in [3.8, 4) is 0 Å². The summed E-state index contributed by atoms with van der Waals surface area (Å²) in [6.07, 6.45) is 0. The molecular weight excluding hydrogens is 197 g/mol. The quantitative estimate of drug-likeness (QED) is 0.391. The van der Waals surface area contributed by atoms with Gasteiger partial charge in [0.2, 0.25) is 0 Å². The highest BCUT2D eigenvalue weighted by molar-refractivity contribution is 6.18. The Morgan fingerprint density at radius 2 is 2.08 bits per heavy atom. The first kappa shape index (κ1) is 11.6. The summed E-state index contributed by atoms with van der Waals surface area (Å²) in [6.45, 7) is 8.40. The lowest BCUT2D eigenvalue weighted by molar-refractivity contribution is 0.363. The zero-order valence-electron chi connectivity index (χ0n) is 6.89. The van der Waals surface area contributed by atoms with E-state index in [9.17, 15) is 0 Å². The number of hydrogen-bond donors (Lipinski definition) is 1. The third-order valence-corrected chi connectivity index (χ3v) is 1.56. The van der Waals surface area contributed by atoms with Gasteiger partial charge in [-0.25, -0.2) is 0 Å². The van der Waals surface area contributed by atoms with Gasteiger partial charge in [-0.15, -0.1) is 23.2 Å². The molecule has 0 saturated heterocycles. The summed E-state index contributed by atoms with van der Waals surface area (Å²) < 4.78 is 0. The summed E-state index contributed by atoms with van der Waals surface area (Å²) in [6, 6.07) is 0. The van der Waals surface area contributed by atoms with Gasteiger partial charge in [0.25, 0.3) is 0 Å². The number of rotatable bonds is 7. The summed E-state index contributed by atoms with van der Waals surface area (Å²) in [4.78, 5) is 0. The van der Waals surface area contributed by atoms with Crippen LogP contribution in [0.4, 0.5) is 0 Å². The molecule has 0 aliphatic heterocycles. The van der Waals surface area contributed by atoms with E-state index in [2.05, 4.69) is 23.7 Å². The highest BCUT2D eigenvalue weighted by Crippen LogP contribution is 1.98. The van der Waals surface area contributed by atoms with Crippen molar-refractivity contribution in [3.05, 3.63) is 12.4 Å². The normalized spacial score (nSPS) is 9.17. The maximum Gasteiger partial charge on any atom is 0.115 e. The lowest BCUT2D eigenvalue weighted by atomic mass is 10.6. The topological polar surface area (TPSA) is 27.6 Å². The first-order chi connectivity index (χ1) is 5.76. The maximum atomic E-state index is 5.53. The standard InChI is InChI=1S/C7H13Cl2N3/c1-7(11-5-3-8)12(10-2)6-4-9/h11H,1-6H2. The second-order valence-corrected chi connectivity index (χ2v) is 2.77. The molecule has 0 aliphatic rings. The molecule has 0 amide bonds. The van der Waals surface area contributed by atoms with Crippen LogP contribution in [0.25, 0.3) is 0 Å². The van der Waals surface area contributed by atoms with E-state index in [4.69, 9.17) is 23.2 Å². The summed E-state index contributed by atoms with van der Waals surface area (Å²) in [5.74, 6) is 1.69. The Morgan fingerprint density at radius 3 is 2.50 bits per heavy atom. The molecule has 0 fully saturated rings. The van der Waals surface area contributed by atoms with Crippen LogP contribution in [-0.4, -0.2) is 36.6 Å². The van der Waals surface area contributed by atoms with Crippen LogP contribution >= 0.6 is 23.2 Å². The van der Waals surface area contributed by atoms with E-state index < -0.39 is 0 Å². The number of halogens is 2. The van der Waals surface area contributed by atoms with Crippen LogP contribution in [0.3, 0.4) is 0 Å². The molecule has 1 N–H and O–H groups in total. The van der Waals surface area contributed by atoms with Crippen LogP contribution in [0, 0.1) is 0 Å². The van der Waals surface area contributed by atoms with Gasteiger partial charge in [-0.3, -0.25) is 5.01 Å². The zero-order valence-corrected chi connectivity index (χ0v) is 8.40. The van der Waals surface area contributed by atoms with Crippen molar-refractivity contribution in [1.82, 2.24) is 10.3 Å². The van der Waals surface area contributed by atoms with Gasteiger partial charge in [0.05, 0.1) is 6.54 Å². The maximum absolute atomic E-state index is 5.53. The molecule has 0 aromatic rings. The Morgan fingerprint density at radius 1 is 1.42 bits per heavy atom. The highest BCUT2D eigenvalue weighted by Gasteiger charge is 2.02. The Labute approximate surface area is 83.0 Å². The van der Waals surface area contributed by atoms with Crippen LogP contribution in [0.1, 0.15) is 0 Å². The summed E-state index contributed by atoms with van der Waals surface area (Å²) in [5, 5.41) is 8.30.